The highest BCUT2D eigenvalue weighted by Gasteiger charge is 2.30. The van der Waals surface area contributed by atoms with Crippen molar-refractivity contribution >= 4 is 27.8 Å². The fourth-order valence-corrected chi connectivity index (χ4v) is 3.50. The van der Waals surface area contributed by atoms with Crippen molar-refractivity contribution in [3.8, 4) is 0 Å². The van der Waals surface area contributed by atoms with Gasteiger partial charge in [-0.3, -0.25) is 9.59 Å². The molecule has 1 fully saturated rings. The molecule has 5 heteroatoms. The van der Waals surface area contributed by atoms with Gasteiger partial charge in [0.05, 0.1) is 5.92 Å². The van der Waals surface area contributed by atoms with Crippen LogP contribution < -0.4 is 5.32 Å². The van der Waals surface area contributed by atoms with Crippen LogP contribution in [-0.2, 0) is 4.79 Å². The van der Waals surface area contributed by atoms with Crippen LogP contribution in [0.3, 0.4) is 0 Å². The van der Waals surface area contributed by atoms with E-state index in [4.69, 9.17) is 0 Å². The molecule has 0 aliphatic heterocycles. The maximum atomic E-state index is 12.4. The first kappa shape index (κ1) is 16.0. The molecular weight excluding hydrogens is 334 g/mol. The van der Waals surface area contributed by atoms with Crippen LogP contribution in [0.15, 0.2) is 22.7 Å². The zero-order valence-electron chi connectivity index (χ0n) is 12.1. The minimum Gasteiger partial charge on any atom is -0.481 e. The van der Waals surface area contributed by atoms with E-state index in [1.54, 1.807) is 6.07 Å². The normalized spacial score (nSPS) is 22.4. The lowest BCUT2D eigenvalue weighted by Gasteiger charge is -2.23. The number of aryl methyl sites for hydroxylation is 1. The Hall–Kier alpha value is -1.36. The average Bonchev–Trinajstić information content (AvgIpc) is 2.63. The summed E-state index contributed by atoms with van der Waals surface area (Å²) in [5, 5.41) is 12.3. The Morgan fingerprint density at radius 1 is 1.19 bits per heavy atom. The van der Waals surface area contributed by atoms with Crippen molar-refractivity contribution in [2.75, 3.05) is 0 Å². The molecule has 1 aliphatic carbocycles. The fraction of sp³-hybridized carbons (Fsp3) is 0.500. The van der Waals surface area contributed by atoms with E-state index in [1.165, 1.54) is 0 Å². The Labute approximate surface area is 133 Å². The van der Waals surface area contributed by atoms with Crippen molar-refractivity contribution in [3.63, 3.8) is 0 Å². The van der Waals surface area contributed by atoms with Gasteiger partial charge in [-0.05, 0) is 43.5 Å². The fourth-order valence-electron chi connectivity index (χ4n) is 2.90. The number of carbonyl (C=O) groups is 2. The van der Waals surface area contributed by atoms with E-state index in [1.807, 2.05) is 19.1 Å². The highest BCUT2D eigenvalue weighted by atomic mass is 79.9. The second-order valence-corrected chi connectivity index (χ2v) is 6.60. The Bertz CT molecular complexity index is 524. The molecule has 1 amide bonds. The minimum atomic E-state index is -0.812. The second kappa shape index (κ2) is 7.07. The second-order valence-electron chi connectivity index (χ2n) is 5.68. The molecular formula is C16H20BrNO3. The first-order valence-corrected chi connectivity index (χ1v) is 8.07. The molecule has 1 aromatic rings. The van der Waals surface area contributed by atoms with Gasteiger partial charge in [0.1, 0.15) is 0 Å². The third-order valence-electron chi connectivity index (χ3n) is 3.95. The summed E-state index contributed by atoms with van der Waals surface area (Å²) in [5.74, 6) is -1.49. The third kappa shape index (κ3) is 4.30. The van der Waals surface area contributed by atoms with Crippen molar-refractivity contribution in [2.24, 2.45) is 5.92 Å². The number of amides is 1. The number of carboxylic acid groups (broad SMARTS) is 1. The van der Waals surface area contributed by atoms with Gasteiger partial charge in [-0.2, -0.15) is 0 Å². The lowest BCUT2D eigenvalue weighted by Crippen LogP contribution is -2.42. The molecule has 4 nitrogen and oxygen atoms in total. The van der Waals surface area contributed by atoms with E-state index in [0.717, 1.165) is 35.7 Å². The molecule has 2 atom stereocenters. The first-order chi connectivity index (χ1) is 9.97. The number of benzene rings is 1. The average molecular weight is 354 g/mol. The number of aliphatic carboxylic acids is 1. The van der Waals surface area contributed by atoms with Crippen LogP contribution in [0.4, 0.5) is 0 Å². The third-order valence-corrected chi connectivity index (χ3v) is 4.41. The van der Waals surface area contributed by atoms with Crippen molar-refractivity contribution in [1.29, 1.82) is 0 Å². The van der Waals surface area contributed by atoms with Crippen LogP contribution >= 0.6 is 15.9 Å². The van der Waals surface area contributed by atoms with Gasteiger partial charge in [0, 0.05) is 16.1 Å². The SMILES string of the molecule is Cc1cc(Br)cc(C(=O)NC2CCCCCC2C(=O)O)c1. The molecule has 0 aromatic heterocycles. The Balaban J connectivity index is 2.14. The lowest BCUT2D eigenvalue weighted by atomic mass is 9.94. The van der Waals surface area contributed by atoms with Gasteiger partial charge in [0.2, 0.25) is 0 Å². The summed E-state index contributed by atoms with van der Waals surface area (Å²) in [6.07, 6.45) is 4.28. The summed E-state index contributed by atoms with van der Waals surface area (Å²) in [4.78, 5) is 23.8. The summed E-state index contributed by atoms with van der Waals surface area (Å²) < 4.78 is 0.850. The molecule has 2 N–H and O–H groups in total. The molecule has 0 bridgehead atoms. The predicted octanol–water partition coefficient (Wildman–Crippen LogP) is 3.52. The summed E-state index contributed by atoms with van der Waals surface area (Å²) in [6.45, 7) is 1.92. The van der Waals surface area contributed by atoms with E-state index in [9.17, 15) is 14.7 Å². The van der Waals surface area contributed by atoms with Crippen LogP contribution in [0.25, 0.3) is 0 Å². The first-order valence-electron chi connectivity index (χ1n) is 7.28. The van der Waals surface area contributed by atoms with E-state index >= 15 is 0 Å². The molecule has 0 heterocycles. The van der Waals surface area contributed by atoms with E-state index < -0.39 is 11.9 Å². The molecule has 0 spiro atoms. The summed E-state index contributed by atoms with van der Waals surface area (Å²) >= 11 is 3.38. The highest BCUT2D eigenvalue weighted by molar-refractivity contribution is 9.10. The topological polar surface area (TPSA) is 66.4 Å². The van der Waals surface area contributed by atoms with Crippen LogP contribution in [0.2, 0.25) is 0 Å². The monoisotopic (exact) mass is 353 g/mol. The molecule has 21 heavy (non-hydrogen) atoms. The van der Waals surface area contributed by atoms with Crippen molar-refractivity contribution < 1.29 is 14.7 Å². The van der Waals surface area contributed by atoms with Crippen LogP contribution in [-0.4, -0.2) is 23.0 Å². The lowest BCUT2D eigenvalue weighted by molar-refractivity contribution is -0.142. The van der Waals surface area contributed by atoms with Gasteiger partial charge in [0.15, 0.2) is 0 Å². The van der Waals surface area contributed by atoms with Crippen molar-refractivity contribution in [1.82, 2.24) is 5.32 Å². The van der Waals surface area contributed by atoms with Crippen molar-refractivity contribution in [2.45, 2.75) is 45.1 Å². The summed E-state index contributed by atoms with van der Waals surface area (Å²) in [5.41, 5.74) is 1.56. The summed E-state index contributed by atoms with van der Waals surface area (Å²) in [6, 6.07) is 5.22. The zero-order valence-corrected chi connectivity index (χ0v) is 13.6. The van der Waals surface area contributed by atoms with Gasteiger partial charge < -0.3 is 10.4 Å². The number of rotatable bonds is 3. The standard InChI is InChI=1S/C16H20BrNO3/c1-10-7-11(9-12(17)8-10)15(19)18-14-6-4-2-3-5-13(14)16(20)21/h7-9,13-14H,2-6H2,1H3,(H,18,19)(H,20,21). The molecule has 1 saturated carbocycles. The van der Waals surface area contributed by atoms with Crippen LogP contribution in [0.1, 0.15) is 48.0 Å². The molecule has 2 unspecified atom stereocenters. The molecule has 2 rings (SSSR count). The highest BCUT2D eigenvalue weighted by Crippen LogP contribution is 2.24. The Morgan fingerprint density at radius 3 is 2.57 bits per heavy atom. The van der Waals surface area contributed by atoms with E-state index in [0.29, 0.717) is 12.0 Å². The molecule has 1 aliphatic rings. The summed E-state index contributed by atoms with van der Waals surface area (Å²) in [7, 11) is 0. The number of hydrogen-bond donors (Lipinski definition) is 2. The molecule has 0 saturated heterocycles. The van der Waals surface area contributed by atoms with Crippen molar-refractivity contribution in [3.05, 3.63) is 33.8 Å². The number of halogens is 1. The number of nitrogens with one attached hydrogen (secondary N) is 1. The maximum absolute atomic E-state index is 12.4. The van der Waals surface area contributed by atoms with E-state index in [-0.39, 0.29) is 11.9 Å². The van der Waals surface area contributed by atoms with Crippen LogP contribution in [0, 0.1) is 12.8 Å². The van der Waals surface area contributed by atoms with Gasteiger partial charge in [-0.1, -0.05) is 35.2 Å². The zero-order chi connectivity index (χ0) is 15.4. The molecule has 0 radical (unpaired) electrons. The van der Waals surface area contributed by atoms with Gasteiger partial charge >= 0.3 is 5.97 Å². The maximum Gasteiger partial charge on any atom is 0.308 e. The smallest absolute Gasteiger partial charge is 0.308 e. The van der Waals surface area contributed by atoms with Gasteiger partial charge in [-0.15, -0.1) is 0 Å². The van der Waals surface area contributed by atoms with Gasteiger partial charge in [-0.25, -0.2) is 0 Å². The van der Waals surface area contributed by atoms with Gasteiger partial charge in [0.25, 0.3) is 5.91 Å². The quantitative estimate of drug-likeness (QED) is 0.817. The number of carbonyl (C=O) groups excluding carboxylic acids is 1. The largest absolute Gasteiger partial charge is 0.481 e. The minimum absolute atomic E-state index is 0.197. The molecule has 1 aromatic carbocycles. The molecule has 114 valence electrons. The van der Waals surface area contributed by atoms with Crippen LogP contribution in [0.5, 0.6) is 0 Å². The predicted molar refractivity (Wildman–Crippen MR) is 84.3 cm³/mol. The Kier molecular flexibility index (Phi) is 5.39. The number of hydrogen-bond acceptors (Lipinski definition) is 2. The Morgan fingerprint density at radius 2 is 1.90 bits per heavy atom. The van der Waals surface area contributed by atoms with E-state index in [2.05, 4.69) is 21.2 Å². The number of carboxylic acids is 1.